The number of hydrogen-bond donors (Lipinski definition) is 3. The number of ether oxygens (including phenoxy) is 4. The Labute approximate surface area is 572 Å². The maximum absolute atomic E-state index is 13.1. The van der Waals surface area contributed by atoms with Crippen LogP contribution in [-0.2, 0) is 65.4 Å². The van der Waals surface area contributed by atoms with Gasteiger partial charge in [-0.05, 0) is 88.9 Å². The van der Waals surface area contributed by atoms with Crippen LogP contribution >= 0.6 is 15.6 Å². The number of allylic oxidation sites excluding steroid dienone is 8. The molecule has 0 fully saturated rings. The molecule has 0 saturated carbocycles. The molecule has 0 aliphatic rings. The van der Waals surface area contributed by atoms with Crippen molar-refractivity contribution in [1.82, 2.24) is 0 Å². The highest BCUT2D eigenvalue weighted by atomic mass is 31.2. The van der Waals surface area contributed by atoms with E-state index in [0.29, 0.717) is 25.7 Å². The summed E-state index contributed by atoms with van der Waals surface area (Å²) in [4.78, 5) is 72.7. The molecule has 0 heterocycles. The first-order valence-corrected chi connectivity index (χ1v) is 40.7. The lowest BCUT2D eigenvalue weighted by Crippen LogP contribution is -2.30. The zero-order valence-electron chi connectivity index (χ0n) is 60.2. The van der Waals surface area contributed by atoms with Crippen molar-refractivity contribution in [1.29, 1.82) is 0 Å². The summed E-state index contributed by atoms with van der Waals surface area (Å²) in [6, 6.07) is 0. The number of aliphatic hydroxyl groups is 1. The van der Waals surface area contributed by atoms with Crippen LogP contribution in [0.4, 0.5) is 0 Å². The lowest BCUT2D eigenvalue weighted by atomic mass is 9.99. The molecule has 0 amide bonds. The normalized spacial score (nSPS) is 14.9. The molecule has 0 saturated heterocycles. The topological polar surface area (TPSA) is 237 Å². The van der Waals surface area contributed by atoms with Gasteiger partial charge in [0.1, 0.15) is 19.3 Å². The lowest BCUT2D eigenvalue weighted by molar-refractivity contribution is -0.161. The molecule has 0 aromatic heterocycles. The molecule has 0 rings (SSSR count). The Hall–Kier alpha value is -2.98. The van der Waals surface area contributed by atoms with Gasteiger partial charge >= 0.3 is 39.5 Å². The third-order valence-electron chi connectivity index (χ3n) is 16.9. The van der Waals surface area contributed by atoms with E-state index in [-0.39, 0.29) is 25.7 Å². The van der Waals surface area contributed by atoms with E-state index in [1.807, 2.05) is 0 Å². The van der Waals surface area contributed by atoms with Gasteiger partial charge in [0.25, 0.3) is 0 Å². The van der Waals surface area contributed by atoms with Crippen LogP contribution in [-0.4, -0.2) is 96.7 Å². The van der Waals surface area contributed by atoms with Crippen molar-refractivity contribution < 1.29 is 80.2 Å². The molecule has 3 N–H and O–H groups in total. The first kappa shape index (κ1) is 91.0. The first-order valence-electron chi connectivity index (χ1n) is 37.7. The van der Waals surface area contributed by atoms with Crippen molar-refractivity contribution in [3.05, 3.63) is 48.6 Å². The monoisotopic (exact) mass is 1370 g/mol. The standard InChI is InChI=1S/C75H138O17P2/c1-7-11-13-15-17-19-21-23-25-27-29-31-39-45-51-57-72(77)85-63-70(91-74(79)59-53-47-41-32-30-28-26-24-22-20-18-16-14-12-8-2)65-89-93(81,82)87-61-69(76)62-88-94(83,84)90-66-71(92-75(80)60-54-48-42-36-34-38-44-50-56-68(6)10-4)64-86-73(78)58-52-46-40-35-33-37-43-49-55-67(5)9-3/h19-26,67-71,76H,7-18,27-66H2,1-6H3,(H,81,82)(H,83,84)/b21-19-,22-20-,25-23-,26-24-/t67?,68?,69-,70-,71-/m1/s1. The van der Waals surface area contributed by atoms with E-state index < -0.39 is 97.5 Å². The molecular weight excluding hydrogens is 1230 g/mol. The number of phosphoric acid groups is 2. The predicted octanol–water partition coefficient (Wildman–Crippen LogP) is 21.0. The largest absolute Gasteiger partial charge is 0.472 e. The Bertz CT molecular complexity index is 2010. The molecular formula is C75H138O17P2. The van der Waals surface area contributed by atoms with Crippen LogP contribution < -0.4 is 0 Å². The summed E-state index contributed by atoms with van der Waals surface area (Å²) in [7, 11) is -9.93. The van der Waals surface area contributed by atoms with Crippen molar-refractivity contribution in [2.24, 2.45) is 11.8 Å². The van der Waals surface area contributed by atoms with Gasteiger partial charge in [0.2, 0.25) is 0 Å². The Morgan fingerprint density at radius 3 is 0.894 bits per heavy atom. The third-order valence-corrected chi connectivity index (χ3v) is 18.8. The number of phosphoric ester groups is 2. The van der Waals surface area contributed by atoms with Crippen LogP contribution in [0.3, 0.4) is 0 Å². The fourth-order valence-corrected chi connectivity index (χ4v) is 11.9. The summed E-state index contributed by atoms with van der Waals surface area (Å²) < 4.78 is 68.4. The Balaban J connectivity index is 5.34. The minimum Gasteiger partial charge on any atom is -0.462 e. The van der Waals surface area contributed by atoms with Crippen LogP contribution in [0, 0.1) is 11.8 Å². The molecule has 0 bridgehead atoms. The number of hydrogen-bond acceptors (Lipinski definition) is 15. The number of esters is 4. The number of rotatable bonds is 70. The molecule has 550 valence electrons. The number of carbonyl (C=O) groups excluding carboxylic acids is 4. The molecule has 0 aliphatic heterocycles. The zero-order chi connectivity index (χ0) is 69.3. The van der Waals surface area contributed by atoms with Crippen LogP contribution in [0.5, 0.6) is 0 Å². The summed E-state index contributed by atoms with van der Waals surface area (Å²) >= 11 is 0. The minimum atomic E-state index is -4.97. The van der Waals surface area contributed by atoms with E-state index in [2.05, 4.69) is 90.2 Å². The average Bonchev–Trinajstić information content (AvgIpc) is 1.23. The second kappa shape index (κ2) is 65.9. The molecule has 0 aliphatic carbocycles. The van der Waals surface area contributed by atoms with Crippen LogP contribution in [0.1, 0.15) is 337 Å². The van der Waals surface area contributed by atoms with Gasteiger partial charge in [0.15, 0.2) is 12.2 Å². The van der Waals surface area contributed by atoms with Gasteiger partial charge in [-0.2, -0.15) is 0 Å². The summed E-state index contributed by atoms with van der Waals surface area (Å²) in [6.07, 6.45) is 58.3. The summed E-state index contributed by atoms with van der Waals surface area (Å²) in [5.74, 6) is -0.640. The van der Waals surface area contributed by atoms with E-state index in [0.717, 1.165) is 134 Å². The predicted molar refractivity (Wildman–Crippen MR) is 381 cm³/mol. The number of aliphatic hydroxyl groups excluding tert-OH is 1. The quantitative estimate of drug-likeness (QED) is 0.0169. The van der Waals surface area contributed by atoms with Gasteiger partial charge < -0.3 is 33.8 Å². The van der Waals surface area contributed by atoms with E-state index in [1.54, 1.807) is 0 Å². The highest BCUT2D eigenvalue weighted by Gasteiger charge is 2.30. The highest BCUT2D eigenvalue weighted by molar-refractivity contribution is 7.47. The fraction of sp³-hybridized carbons (Fsp3) is 0.840. The first-order chi connectivity index (χ1) is 45.4. The number of unbranched alkanes of at least 4 members (excludes halogenated alkanes) is 32. The van der Waals surface area contributed by atoms with Gasteiger partial charge in [-0.25, -0.2) is 9.13 Å². The van der Waals surface area contributed by atoms with Gasteiger partial charge in [-0.1, -0.05) is 283 Å². The van der Waals surface area contributed by atoms with Gasteiger partial charge in [0, 0.05) is 25.7 Å². The second-order valence-corrected chi connectivity index (χ2v) is 29.1. The van der Waals surface area contributed by atoms with E-state index >= 15 is 0 Å². The third kappa shape index (κ3) is 65.0. The molecule has 0 aromatic carbocycles. The highest BCUT2D eigenvalue weighted by Crippen LogP contribution is 2.45. The van der Waals surface area contributed by atoms with Gasteiger partial charge in [-0.15, -0.1) is 0 Å². The summed E-state index contributed by atoms with van der Waals surface area (Å²) in [5.41, 5.74) is 0. The molecule has 19 heteroatoms. The SMILES string of the molecule is CCCCCC/C=C\C=C/CCCCCCCC(=O)OC[C@H](COP(=O)(O)OC[C@@H](O)COP(=O)(O)OC[C@@H](COC(=O)CCCCCCCCCCC(C)CC)OC(=O)CCCCCCCCCCC(C)CC)OC(=O)CCCCCCC/C=C\C=C/CCCCCC. The van der Waals surface area contributed by atoms with E-state index in [4.69, 9.17) is 37.0 Å². The van der Waals surface area contributed by atoms with Crippen molar-refractivity contribution in [3.63, 3.8) is 0 Å². The van der Waals surface area contributed by atoms with E-state index in [1.165, 1.54) is 122 Å². The summed E-state index contributed by atoms with van der Waals surface area (Å²) in [5, 5.41) is 10.6. The molecule has 0 aromatic rings. The fourth-order valence-electron chi connectivity index (χ4n) is 10.3. The molecule has 94 heavy (non-hydrogen) atoms. The van der Waals surface area contributed by atoms with Crippen molar-refractivity contribution in [2.45, 2.75) is 355 Å². The van der Waals surface area contributed by atoms with Crippen molar-refractivity contribution >= 4 is 39.5 Å². The Morgan fingerprint density at radius 2 is 0.596 bits per heavy atom. The molecule has 4 unspecified atom stereocenters. The van der Waals surface area contributed by atoms with Gasteiger partial charge in [-0.3, -0.25) is 37.3 Å². The molecule has 7 atom stereocenters. The number of carbonyl (C=O) groups is 4. The lowest BCUT2D eigenvalue weighted by Gasteiger charge is -2.21. The zero-order valence-corrected chi connectivity index (χ0v) is 62.0. The van der Waals surface area contributed by atoms with Crippen LogP contribution in [0.25, 0.3) is 0 Å². The maximum Gasteiger partial charge on any atom is 0.472 e. The second-order valence-electron chi connectivity index (χ2n) is 26.1. The Kier molecular flexibility index (Phi) is 63.8. The van der Waals surface area contributed by atoms with Crippen LogP contribution in [0.2, 0.25) is 0 Å². The van der Waals surface area contributed by atoms with E-state index in [9.17, 15) is 43.2 Å². The van der Waals surface area contributed by atoms with Gasteiger partial charge in [0.05, 0.1) is 26.4 Å². The van der Waals surface area contributed by atoms with Crippen molar-refractivity contribution in [3.8, 4) is 0 Å². The minimum absolute atomic E-state index is 0.0778. The average molecular weight is 1370 g/mol. The van der Waals surface area contributed by atoms with Crippen molar-refractivity contribution in [2.75, 3.05) is 39.6 Å². The Morgan fingerprint density at radius 1 is 0.340 bits per heavy atom. The van der Waals surface area contributed by atoms with Crippen LogP contribution in [0.15, 0.2) is 48.6 Å². The molecule has 17 nitrogen and oxygen atoms in total. The molecule has 0 radical (unpaired) electrons. The summed E-state index contributed by atoms with van der Waals surface area (Å²) in [6.45, 7) is 9.44. The molecule has 0 spiro atoms. The maximum atomic E-state index is 13.1. The smallest absolute Gasteiger partial charge is 0.462 e.